The predicted molar refractivity (Wildman–Crippen MR) is 150 cm³/mol. The van der Waals surface area contributed by atoms with E-state index in [0.717, 1.165) is 42.7 Å². The zero-order valence-electron chi connectivity index (χ0n) is 23.0. The number of carbonyl (C=O) groups excluding carboxylic acids is 4. The number of fused-ring (bicyclic) bond motifs is 2. The van der Waals surface area contributed by atoms with Gasteiger partial charge < -0.3 is 29.8 Å². The maximum absolute atomic E-state index is 14.3. The van der Waals surface area contributed by atoms with Gasteiger partial charge in [-0.05, 0) is 62.1 Å². The lowest BCUT2D eigenvalue weighted by Crippen LogP contribution is -2.61. The molecule has 3 fully saturated rings. The number of likely N-dealkylation sites (tertiary alicyclic amines) is 1. The Kier molecular flexibility index (Phi) is 8.45. The summed E-state index contributed by atoms with van der Waals surface area (Å²) < 4.78 is 40.2. The number of alkyl halides is 2. The maximum atomic E-state index is 14.3. The Bertz CT molecular complexity index is 1460. The third-order valence-corrected chi connectivity index (χ3v) is 10.5. The minimum Gasteiger partial charge on any atom is -0.341 e. The summed E-state index contributed by atoms with van der Waals surface area (Å²) in [7, 11) is -5.77. The van der Waals surface area contributed by atoms with Crippen LogP contribution in [0, 0.1) is 0 Å². The second-order valence-electron chi connectivity index (χ2n) is 11.1. The van der Waals surface area contributed by atoms with Gasteiger partial charge >= 0.3 is 13.3 Å². The van der Waals surface area contributed by atoms with Crippen LogP contribution in [0.1, 0.15) is 60.7 Å². The number of hydrogen-bond donors (Lipinski definition) is 3. The summed E-state index contributed by atoms with van der Waals surface area (Å²) >= 11 is 0.965. The first-order valence-corrected chi connectivity index (χ1v) is 16.4. The fourth-order valence-corrected chi connectivity index (χ4v) is 7.50. The van der Waals surface area contributed by atoms with Crippen LogP contribution >= 0.6 is 18.9 Å². The number of rotatable bonds is 5. The minimum atomic E-state index is -5.77. The van der Waals surface area contributed by atoms with Crippen molar-refractivity contribution in [2.45, 2.75) is 69.2 Å². The first-order valence-electron chi connectivity index (χ1n) is 13.9. The molecule has 0 aliphatic carbocycles. The van der Waals surface area contributed by atoms with Gasteiger partial charge in [0.05, 0.1) is 4.88 Å². The van der Waals surface area contributed by atoms with Crippen LogP contribution in [0.25, 0.3) is 10.1 Å². The number of carbonyl (C=O) groups is 4. The smallest absolute Gasteiger partial charge is 0.341 e. The topological polar surface area (TPSA) is 148 Å². The van der Waals surface area contributed by atoms with Crippen LogP contribution in [0.2, 0.25) is 0 Å². The maximum Gasteiger partial charge on any atom is 0.399 e. The van der Waals surface area contributed by atoms with Gasteiger partial charge in [0.2, 0.25) is 17.7 Å². The van der Waals surface area contributed by atoms with Crippen molar-refractivity contribution in [3.63, 3.8) is 0 Å². The third kappa shape index (κ3) is 5.82. The molecule has 0 bridgehead atoms. The van der Waals surface area contributed by atoms with Crippen molar-refractivity contribution in [1.29, 1.82) is 0 Å². The Balaban J connectivity index is 1.40. The molecule has 0 saturated carbocycles. The summed E-state index contributed by atoms with van der Waals surface area (Å²) in [6.45, 7) is 2.96. The van der Waals surface area contributed by atoms with Gasteiger partial charge in [-0.3, -0.25) is 23.7 Å². The van der Waals surface area contributed by atoms with Crippen LogP contribution in [0.4, 0.5) is 8.78 Å². The van der Waals surface area contributed by atoms with Crippen molar-refractivity contribution in [1.82, 2.24) is 20.0 Å². The first-order chi connectivity index (χ1) is 19.8. The average molecular weight is 627 g/mol. The molecule has 0 radical (unpaired) electrons. The van der Waals surface area contributed by atoms with Crippen molar-refractivity contribution < 1.29 is 42.3 Å². The summed E-state index contributed by atoms with van der Waals surface area (Å²) in [5.41, 5.74) is -5.29. The van der Waals surface area contributed by atoms with Crippen molar-refractivity contribution in [3.8, 4) is 0 Å². The summed E-state index contributed by atoms with van der Waals surface area (Å²) in [4.78, 5) is 76.3. The van der Waals surface area contributed by atoms with Gasteiger partial charge in [-0.15, -0.1) is 11.3 Å². The van der Waals surface area contributed by atoms with Crippen LogP contribution < -0.4 is 5.32 Å². The zero-order valence-corrected chi connectivity index (χ0v) is 24.7. The fourth-order valence-electron chi connectivity index (χ4n) is 6.08. The third-order valence-electron chi connectivity index (χ3n) is 8.35. The highest BCUT2D eigenvalue weighted by molar-refractivity contribution is 7.52. The van der Waals surface area contributed by atoms with Crippen molar-refractivity contribution in [3.05, 3.63) is 34.7 Å². The lowest BCUT2D eigenvalue weighted by atomic mass is 10.1. The van der Waals surface area contributed by atoms with E-state index in [2.05, 4.69) is 5.32 Å². The van der Waals surface area contributed by atoms with E-state index >= 15 is 0 Å². The molecule has 4 amide bonds. The van der Waals surface area contributed by atoms with Gasteiger partial charge in [0.15, 0.2) is 0 Å². The van der Waals surface area contributed by atoms with E-state index in [1.807, 2.05) is 0 Å². The van der Waals surface area contributed by atoms with Crippen LogP contribution in [0.15, 0.2) is 24.3 Å². The number of thiophene rings is 1. The van der Waals surface area contributed by atoms with E-state index in [4.69, 9.17) is 9.79 Å². The minimum absolute atomic E-state index is 0.0860. The van der Waals surface area contributed by atoms with E-state index in [0.29, 0.717) is 43.6 Å². The van der Waals surface area contributed by atoms with Gasteiger partial charge in [0.1, 0.15) is 12.1 Å². The van der Waals surface area contributed by atoms with Gasteiger partial charge in [-0.2, -0.15) is 8.78 Å². The van der Waals surface area contributed by atoms with E-state index in [-0.39, 0.29) is 34.7 Å². The highest BCUT2D eigenvalue weighted by atomic mass is 32.1. The number of piperidine rings is 1. The first kappa shape index (κ1) is 30.5. The Morgan fingerprint density at radius 2 is 1.74 bits per heavy atom. The molecule has 3 aliphatic heterocycles. The summed E-state index contributed by atoms with van der Waals surface area (Å²) in [5, 5.41) is 2.89. The monoisotopic (exact) mass is 626 g/mol. The highest BCUT2D eigenvalue weighted by Crippen LogP contribution is 2.59. The Morgan fingerprint density at radius 1 is 1.02 bits per heavy atom. The van der Waals surface area contributed by atoms with Crippen molar-refractivity contribution in [2.24, 2.45) is 0 Å². The predicted octanol–water partition coefficient (Wildman–Crippen LogP) is 2.85. The number of nitrogens with one attached hydrogen (secondary N) is 1. The summed E-state index contributed by atoms with van der Waals surface area (Å²) in [6, 6.07) is 2.35. The number of amides is 4. The molecule has 3 saturated heterocycles. The van der Waals surface area contributed by atoms with E-state index in [1.165, 1.54) is 24.0 Å². The number of nitrogens with zero attached hydrogens (tertiary/aromatic N) is 3. The van der Waals surface area contributed by atoms with E-state index < -0.39 is 42.7 Å². The molecule has 3 N–H and O–H groups in total. The highest BCUT2D eigenvalue weighted by Gasteiger charge is 2.50. The molecule has 228 valence electrons. The van der Waals surface area contributed by atoms with Crippen LogP contribution in [0.3, 0.4) is 0 Å². The number of hydrogen-bond acceptors (Lipinski definition) is 6. The summed E-state index contributed by atoms with van der Waals surface area (Å²) in [5.74, 6) is -1.46. The van der Waals surface area contributed by atoms with Crippen molar-refractivity contribution >= 4 is 52.6 Å². The number of benzene rings is 1. The molecule has 4 heterocycles. The van der Waals surface area contributed by atoms with Gasteiger partial charge in [-0.1, -0.05) is 6.07 Å². The standard InChI is InChI=1S/C27H33F2N4O7PS/c1-16(34)32-12-9-19-6-7-21(26(37)31-10-3-2-4-11-31)33(19)25(36)20(15-32)30-24(35)23-14-17-13-18(5-8-22(17)42-23)27(28,29)41(38,39)40/h5,8,13-14,19-21H,2-4,6-7,9-12,15H2,1H3,(H,30,35)(H2,38,39,40)/t19-,20+,21+/m1/s1. The molecule has 1 aromatic heterocycles. The largest absolute Gasteiger partial charge is 0.399 e. The quantitative estimate of drug-likeness (QED) is 0.433. The molecule has 42 heavy (non-hydrogen) atoms. The molecule has 5 rings (SSSR count). The molecular formula is C27H33F2N4O7PS. The SMILES string of the molecule is CC(=O)N1CC[C@H]2CC[C@@H](C(=O)N3CCCCC3)N2C(=O)[C@@H](NC(=O)c2cc3cc(C(F)(F)P(=O)(O)O)ccc3s2)C1. The molecule has 0 spiro atoms. The Labute approximate surface area is 245 Å². The summed E-state index contributed by atoms with van der Waals surface area (Å²) in [6.07, 6.45) is 4.52. The Morgan fingerprint density at radius 3 is 2.40 bits per heavy atom. The van der Waals surface area contributed by atoms with Gasteiger partial charge in [0, 0.05) is 49.4 Å². The lowest BCUT2D eigenvalue weighted by molar-refractivity contribution is -0.149. The molecular weight excluding hydrogens is 593 g/mol. The van der Waals surface area contributed by atoms with Gasteiger partial charge in [-0.25, -0.2) is 0 Å². The second-order valence-corrected chi connectivity index (χ2v) is 13.8. The van der Waals surface area contributed by atoms with Crippen LogP contribution in [0.5, 0.6) is 0 Å². The van der Waals surface area contributed by atoms with E-state index in [1.54, 1.807) is 9.80 Å². The molecule has 3 atom stereocenters. The molecule has 11 nitrogen and oxygen atoms in total. The Hall–Kier alpha value is -2.93. The molecule has 1 aromatic carbocycles. The molecule has 15 heteroatoms. The van der Waals surface area contributed by atoms with E-state index in [9.17, 15) is 32.5 Å². The average Bonchev–Trinajstić information content (AvgIpc) is 3.56. The number of halogens is 2. The molecule has 0 unspecified atom stereocenters. The fraction of sp³-hybridized carbons (Fsp3) is 0.556. The van der Waals surface area contributed by atoms with Crippen molar-refractivity contribution in [2.75, 3.05) is 26.2 Å². The molecule has 2 aromatic rings. The zero-order chi connectivity index (χ0) is 30.4. The van der Waals surface area contributed by atoms with Gasteiger partial charge in [0.25, 0.3) is 5.91 Å². The van der Waals surface area contributed by atoms with Crippen LogP contribution in [-0.2, 0) is 24.6 Å². The van der Waals surface area contributed by atoms with Crippen LogP contribution in [-0.4, -0.2) is 92.4 Å². The lowest BCUT2D eigenvalue weighted by Gasteiger charge is -2.40. The normalized spacial score (nSPS) is 23.9. The second kappa shape index (κ2) is 11.6. The molecule has 3 aliphatic rings.